The topological polar surface area (TPSA) is 125 Å². The summed E-state index contributed by atoms with van der Waals surface area (Å²) in [7, 11) is 0. The first-order chi connectivity index (χ1) is 12.1. The molecule has 2 rings (SSSR count). The molecule has 1 fully saturated rings. The van der Waals surface area contributed by atoms with E-state index in [1.54, 1.807) is 0 Å². The fourth-order valence-electron chi connectivity index (χ4n) is 2.67. The minimum Gasteiger partial charge on any atom is -0.396 e. The van der Waals surface area contributed by atoms with E-state index in [-0.39, 0.29) is 25.2 Å². The van der Waals surface area contributed by atoms with Crippen LogP contribution in [-0.4, -0.2) is 50.3 Å². The summed E-state index contributed by atoms with van der Waals surface area (Å²) in [6.45, 7) is -0.156. The van der Waals surface area contributed by atoms with Crippen molar-refractivity contribution in [3.8, 4) is 11.8 Å². The molecule has 0 radical (unpaired) electrons. The van der Waals surface area contributed by atoms with Crippen molar-refractivity contribution >= 4 is 0 Å². The number of unbranched alkanes of at least 4 members (excludes halogenated alkanes) is 4. The van der Waals surface area contributed by atoms with Gasteiger partial charge in [-0.05, 0) is 12.8 Å². The van der Waals surface area contributed by atoms with E-state index in [0.29, 0.717) is 6.42 Å². The molecule has 8 nitrogen and oxygen atoms in total. The summed E-state index contributed by atoms with van der Waals surface area (Å²) in [4.78, 5) is 26.0. The predicted molar refractivity (Wildman–Crippen MR) is 90.0 cm³/mol. The van der Waals surface area contributed by atoms with Gasteiger partial charge in [-0.2, -0.15) is 0 Å². The molecule has 0 bridgehead atoms. The number of hydrogen-bond acceptors (Lipinski definition) is 6. The van der Waals surface area contributed by atoms with Crippen LogP contribution in [0.15, 0.2) is 15.8 Å². The number of nitrogens with zero attached hydrogens (tertiary/aromatic N) is 1. The fraction of sp³-hybridized carbons (Fsp3) is 0.647. The Labute approximate surface area is 145 Å². The van der Waals surface area contributed by atoms with Crippen LogP contribution in [0.3, 0.4) is 0 Å². The van der Waals surface area contributed by atoms with Crippen molar-refractivity contribution in [1.82, 2.24) is 9.55 Å². The van der Waals surface area contributed by atoms with Crippen LogP contribution in [0, 0.1) is 11.8 Å². The Hall–Kier alpha value is -1.92. The van der Waals surface area contributed by atoms with Crippen molar-refractivity contribution in [1.29, 1.82) is 0 Å². The van der Waals surface area contributed by atoms with Crippen molar-refractivity contribution < 1.29 is 20.1 Å². The minimum absolute atomic E-state index is 0.148. The molecule has 0 unspecified atom stereocenters. The van der Waals surface area contributed by atoms with Crippen LogP contribution < -0.4 is 11.2 Å². The second kappa shape index (κ2) is 9.53. The number of hydrogen-bond donors (Lipinski definition) is 4. The smallest absolute Gasteiger partial charge is 0.330 e. The molecule has 0 amide bonds. The highest BCUT2D eigenvalue weighted by Gasteiger charge is 2.35. The van der Waals surface area contributed by atoms with Crippen LogP contribution in [-0.2, 0) is 4.74 Å². The number of aliphatic hydroxyl groups is 3. The summed E-state index contributed by atoms with van der Waals surface area (Å²) in [5.41, 5.74) is -1.05. The van der Waals surface area contributed by atoms with Crippen molar-refractivity contribution in [2.75, 3.05) is 13.2 Å². The maximum absolute atomic E-state index is 12.0. The maximum atomic E-state index is 12.0. The summed E-state index contributed by atoms with van der Waals surface area (Å²) in [5, 5.41) is 27.6. The first kappa shape index (κ1) is 19.4. The third kappa shape index (κ3) is 5.28. The van der Waals surface area contributed by atoms with Crippen molar-refractivity contribution in [3.05, 3.63) is 32.6 Å². The third-order valence-electron chi connectivity index (χ3n) is 4.10. The summed E-state index contributed by atoms with van der Waals surface area (Å²) < 4.78 is 6.62. The minimum atomic E-state index is -0.873. The van der Waals surface area contributed by atoms with Gasteiger partial charge in [-0.25, -0.2) is 4.79 Å². The Morgan fingerprint density at radius 3 is 2.68 bits per heavy atom. The lowest BCUT2D eigenvalue weighted by Crippen LogP contribution is -2.33. The largest absolute Gasteiger partial charge is 0.396 e. The number of ether oxygens (including phenoxy) is 1. The normalized spacial score (nSPS) is 22.6. The zero-order valence-corrected chi connectivity index (χ0v) is 14.0. The zero-order chi connectivity index (χ0) is 18.2. The lowest BCUT2D eigenvalue weighted by Gasteiger charge is -2.14. The van der Waals surface area contributed by atoms with Gasteiger partial charge in [0.1, 0.15) is 17.9 Å². The highest BCUT2D eigenvalue weighted by molar-refractivity contribution is 5.29. The average Bonchev–Trinajstić information content (AvgIpc) is 2.96. The van der Waals surface area contributed by atoms with Crippen LogP contribution in [0.25, 0.3) is 0 Å². The highest BCUT2D eigenvalue weighted by Crippen LogP contribution is 2.27. The zero-order valence-electron chi connectivity index (χ0n) is 14.0. The number of aromatic nitrogens is 2. The molecule has 1 aromatic heterocycles. The lowest BCUT2D eigenvalue weighted by atomic mass is 10.1. The van der Waals surface area contributed by atoms with Gasteiger partial charge in [-0.15, -0.1) is 0 Å². The summed E-state index contributed by atoms with van der Waals surface area (Å²) in [6, 6.07) is 0. The molecule has 8 heteroatoms. The number of rotatable bonds is 7. The molecule has 25 heavy (non-hydrogen) atoms. The summed E-state index contributed by atoms with van der Waals surface area (Å²) in [5.74, 6) is 5.67. The van der Waals surface area contributed by atoms with E-state index in [9.17, 15) is 14.7 Å². The van der Waals surface area contributed by atoms with Gasteiger partial charge in [0.15, 0.2) is 0 Å². The number of aliphatic hydroxyl groups excluding tert-OH is 3. The Kier molecular flexibility index (Phi) is 7.40. The van der Waals surface area contributed by atoms with E-state index in [2.05, 4.69) is 16.8 Å². The second-order valence-corrected chi connectivity index (χ2v) is 6.01. The SMILES string of the molecule is O=c1[nH]c(=O)n([C@H]2C[C@H](O)[C@@H](CO)O2)cc1C#CCCCCCCO. The van der Waals surface area contributed by atoms with E-state index in [1.165, 1.54) is 10.8 Å². The van der Waals surface area contributed by atoms with E-state index in [0.717, 1.165) is 25.7 Å². The predicted octanol–water partition coefficient (Wildman–Crippen LogP) is -0.528. The molecule has 3 atom stereocenters. The van der Waals surface area contributed by atoms with Gasteiger partial charge < -0.3 is 20.1 Å². The first-order valence-electron chi connectivity index (χ1n) is 8.46. The number of H-pyrrole nitrogens is 1. The van der Waals surface area contributed by atoms with Gasteiger partial charge in [0.25, 0.3) is 5.56 Å². The molecule has 0 saturated carbocycles. The molecule has 4 N–H and O–H groups in total. The monoisotopic (exact) mass is 352 g/mol. The molecule has 2 heterocycles. The van der Waals surface area contributed by atoms with Crippen LogP contribution >= 0.6 is 0 Å². The molecule has 1 saturated heterocycles. The third-order valence-corrected chi connectivity index (χ3v) is 4.10. The molecule has 1 aromatic rings. The quantitative estimate of drug-likeness (QED) is 0.386. The van der Waals surface area contributed by atoms with Gasteiger partial charge in [0.2, 0.25) is 0 Å². The Balaban J connectivity index is 2.06. The van der Waals surface area contributed by atoms with Crippen molar-refractivity contribution in [2.24, 2.45) is 0 Å². The first-order valence-corrected chi connectivity index (χ1v) is 8.46. The summed E-state index contributed by atoms with van der Waals surface area (Å²) in [6.07, 6.45) is 3.27. The second-order valence-electron chi connectivity index (χ2n) is 6.01. The van der Waals surface area contributed by atoms with E-state index in [4.69, 9.17) is 14.9 Å². The van der Waals surface area contributed by atoms with Gasteiger partial charge in [0, 0.05) is 25.6 Å². The van der Waals surface area contributed by atoms with Crippen LogP contribution in [0.1, 0.15) is 50.3 Å². The number of nitrogens with one attached hydrogen (secondary N) is 1. The molecular formula is C17H24N2O6. The standard InChI is InChI=1S/C17H24N2O6/c20-8-6-4-2-1-3-5-7-12-10-19(17(24)18-16(12)23)15-9-13(22)14(11-21)25-15/h10,13-15,20-22H,1-4,6,8-9,11H2,(H,18,23,24)/t13-,14+,15+/m0/s1. The molecule has 0 spiro atoms. The van der Waals surface area contributed by atoms with E-state index < -0.39 is 29.7 Å². The van der Waals surface area contributed by atoms with E-state index >= 15 is 0 Å². The van der Waals surface area contributed by atoms with Crippen molar-refractivity contribution in [3.63, 3.8) is 0 Å². The molecule has 1 aliphatic heterocycles. The molecule has 1 aliphatic rings. The van der Waals surface area contributed by atoms with Gasteiger partial charge in [-0.1, -0.05) is 24.7 Å². The lowest BCUT2D eigenvalue weighted by molar-refractivity contribution is -0.0459. The van der Waals surface area contributed by atoms with Crippen molar-refractivity contribution in [2.45, 2.75) is 57.0 Å². The van der Waals surface area contributed by atoms with E-state index in [1.807, 2.05) is 0 Å². The maximum Gasteiger partial charge on any atom is 0.330 e. The average molecular weight is 352 g/mol. The Morgan fingerprint density at radius 1 is 1.24 bits per heavy atom. The number of aromatic amines is 1. The molecular weight excluding hydrogens is 328 g/mol. The Bertz CT molecular complexity index is 729. The van der Waals surface area contributed by atoms with Crippen LogP contribution in [0.4, 0.5) is 0 Å². The fourth-order valence-corrected chi connectivity index (χ4v) is 2.67. The van der Waals surface area contributed by atoms with Gasteiger partial charge in [-0.3, -0.25) is 14.3 Å². The van der Waals surface area contributed by atoms with Crippen LogP contribution in [0.5, 0.6) is 0 Å². The molecule has 0 aliphatic carbocycles. The molecule has 138 valence electrons. The summed E-state index contributed by atoms with van der Waals surface area (Å²) >= 11 is 0. The highest BCUT2D eigenvalue weighted by atomic mass is 16.5. The van der Waals surface area contributed by atoms with Gasteiger partial charge in [0.05, 0.1) is 12.7 Å². The van der Waals surface area contributed by atoms with Gasteiger partial charge >= 0.3 is 5.69 Å². The Morgan fingerprint density at radius 2 is 2.00 bits per heavy atom. The van der Waals surface area contributed by atoms with Crippen LogP contribution in [0.2, 0.25) is 0 Å². The molecule has 0 aromatic carbocycles.